The summed E-state index contributed by atoms with van der Waals surface area (Å²) < 4.78 is 1.97. The number of aliphatic hydroxyl groups is 1. The Bertz CT molecular complexity index is 281. The van der Waals surface area contributed by atoms with E-state index < -0.39 is 0 Å². The van der Waals surface area contributed by atoms with Gasteiger partial charge in [-0.25, -0.2) is 0 Å². The van der Waals surface area contributed by atoms with Crippen molar-refractivity contribution in [2.45, 2.75) is 32.7 Å². The standard InChI is InChI=1S/C11H21N3O/c1-3-9(2)14-5-4-11(13-14)6-10(7-12)8-15/h4-5,9-10,15H,3,6-8,12H2,1-2H3. The highest BCUT2D eigenvalue weighted by Crippen LogP contribution is 2.11. The zero-order valence-corrected chi connectivity index (χ0v) is 9.56. The van der Waals surface area contributed by atoms with Crippen molar-refractivity contribution in [1.82, 2.24) is 9.78 Å². The van der Waals surface area contributed by atoms with Crippen LogP contribution in [0.5, 0.6) is 0 Å². The Balaban J connectivity index is 2.59. The summed E-state index contributed by atoms with van der Waals surface area (Å²) >= 11 is 0. The molecule has 1 aromatic heterocycles. The molecule has 0 radical (unpaired) electrons. The largest absolute Gasteiger partial charge is 0.396 e. The number of nitrogens with two attached hydrogens (primary N) is 1. The summed E-state index contributed by atoms with van der Waals surface area (Å²) in [4.78, 5) is 0. The van der Waals surface area contributed by atoms with E-state index in [1.54, 1.807) is 0 Å². The number of aliphatic hydroxyl groups excluding tert-OH is 1. The van der Waals surface area contributed by atoms with Crippen molar-refractivity contribution in [2.24, 2.45) is 11.7 Å². The van der Waals surface area contributed by atoms with E-state index in [1.807, 2.05) is 16.9 Å². The van der Waals surface area contributed by atoms with E-state index in [1.165, 1.54) is 0 Å². The third kappa shape index (κ3) is 3.32. The lowest BCUT2D eigenvalue weighted by molar-refractivity contribution is 0.228. The normalized spacial score (nSPS) is 15.2. The predicted octanol–water partition coefficient (Wildman–Crippen LogP) is 0.964. The Morgan fingerprint density at radius 3 is 2.87 bits per heavy atom. The molecule has 15 heavy (non-hydrogen) atoms. The van der Waals surface area contributed by atoms with E-state index in [-0.39, 0.29) is 12.5 Å². The Labute approximate surface area is 91.1 Å². The molecule has 1 rings (SSSR count). The summed E-state index contributed by atoms with van der Waals surface area (Å²) in [6.07, 6.45) is 3.83. The quantitative estimate of drug-likeness (QED) is 0.736. The first-order valence-corrected chi connectivity index (χ1v) is 5.56. The molecule has 2 unspecified atom stereocenters. The molecule has 3 N–H and O–H groups in total. The summed E-state index contributed by atoms with van der Waals surface area (Å²) in [5, 5.41) is 13.5. The summed E-state index contributed by atoms with van der Waals surface area (Å²) in [6.45, 7) is 4.92. The van der Waals surface area contributed by atoms with Crippen LogP contribution in [-0.2, 0) is 6.42 Å². The number of aromatic nitrogens is 2. The second-order valence-electron chi connectivity index (χ2n) is 4.03. The van der Waals surface area contributed by atoms with E-state index in [2.05, 4.69) is 18.9 Å². The average Bonchev–Trinajstić information content (AvgIpc) is 2.73. The minimum atomic E-state index is 0.130. The van der Waals surface area contributed by atoms with Crippen LogP contribution in [0, 0.1) is 5.92 Å². The van der Waals surface area contributed by atoms with E-state index in [0.717, 1.165) is 18.5 Å². The molecule has 86 valence electrons. The highest BCUT2D eigenvalue weighted by Gasteiger charge is 2.10. The molecule has 1 aromatic rings. The van der Waals surface area contributed by atoms with Crippen LogP contribution in [0.2, 0.25) is 0 Å². The van der Waals surface area contributed by atoms with Gasteiger partial charge in [0.1, 0.15) is 0 Å². The van der Waals surface area contributed by atoms with Crippen molar-refractivity contribution < 1.29 is 5.11 Å². The molecular formula is C11H21N3O. The lowest BCUT2D eigenvalue weighted by Crippen LogP contribution is -2.20. The van der Waals surface area contributed by atoms with Gasteiger partial charge in [0.25, 0.3) is 0 Å². The molecule has 2 atom stereocenters. The summed E-state index contributed by atoms with van der Waals surface area (Å²) in [5.41, 5.74) is 6.54. The molecular weight excluding hydrogens is 190 g/mol. The van der Waals surface area contributed by atoms with Crippen LogP contribution in [0.3, 0.4) is 0 Å². The smallest absolute Gasteiger partial charge is 0.0628 e. The van der Waals surface area contributed by atoms with Crippen LogP contribution in [0.1, 0.15) is 32.0 Å². The Morgan fingerprint density at radius 1 is 1.60 bits per heavy atom. The maximum absolute atomic E-state index is 9.03. The molecule has 0 spiro atoms. The summed E-state index contributed by atoms with van der Waals surface area (Å²) in [5.74, 6) is 0.130. The van der Waals surface area contributed by atoms with Gasteiger partial charge in [0, 0.05) is 18.8 Å². The highest BCUT2D eigenvalue weighted by molar-refractivity contribution is 5.01. The minimum Gasteiger partial charge on any atom is -0.396 e. The van der Waals surface area contributed by atoms with Crippen molar-refractivity contribution in [3.05, 3.63) is 18.0 Å². The lowest BCUT2D eigenvalue weighted by Gasteiger charge is -2.10. The van der Waals surface area contributed by atoms with Crippen molar-refractivity contribution in [3.8, 4) is 0 Å². The van der Waals surface area contributed by atoms with Crippen LogP contribution < -0.4 is 5.73 Å². The molecule has 0 aliphatic carbocycles. The van der Waals surface area contributed by atoms with Gasteiger partial charge in [-0.3, -0.25) is 4.68 Å². The minimum absolute atomic E-state index is 0.130. The van der Waals surface area contributed by atoms with Crippen LogP contribution in [0.4, 0.5) is 0 Å². The second-order valence-corrected chi connectivity index (χ2v) is 4.03. The molecule has 0 amide bonds. The van der Waals surface area contributed by atoms with Crippen LogP contribution in [0.15, 0.2) is 12.3 Å². The SMILES string of the molecule is CCC(C)n1ccc(CC(CN)CO)n1. The number of hydrogen-bond acceptors (Lipinski definition) is 3. The number of rotatable bonds is 6. The Morgan fingerprint density at radius 2 is 2.33 bits per heavy atom. The molecule has 0 saturated heterocycles. The monoisotopic (exact) mass is 211 g/mol. The van der Waals surface area contributed by atoms with Gasteiger partial charge >= 0.3 is 0 Å². The van der Waals surface area contributed by atoms with Gasteiger partial charge in [-0.1, -0.05) is 6.92 Å². The van der Waals surface area contributed by atoms with Crippen LogP contribution >= 0.6 is 0 Å². The second kappa shape index (κ2) is 5.88. The van der Waals surface area contributed by atoms with E-state index in [0.29, 0.717) is 12.6 Å². The molecule has 1 heterocycles. The number of hydrogen-bond donors (Lipinski definition) is 2. The van der Waals surface area contributed by atoms with Gasteiger partial charge in [-0.05, 0) is 38.3 Å². The average molecular weight is 211 g/mol. The summed E-state index contributed by atoms with van der Waals surface area (Å²) in [6, 6.07) is 2.44. The third-order valence-corrected chi connectivity index (χ3v) is 2.80. The van der Waals surface area contributed by atoms with Crippen LogP contribution in [0.25, 0.3) is 0 Å². The first-order chi connectivity index (χ1) is 7.21. The molecule has 0 aliphatic heterocycles. The van der Waals surface area contributed by atoms with E-state index in [4.69, 9.17) is 10.8 Å². The zero-order chi connectivity index (χ0) is 11.3. The van der Waals surface area contributed by atoms with Gasteiger partial charge in [0.15, 0.2) is 0 Å². The molecule has 0 aromatic carbocycles. The van der Waals surface area contributed by atoms with Gasteiger partial charge in [-0.2, -0.15) is 5.10 Å². The van der Waals surface area contributed by atoms with Crippen molar-refractivity contribution in [3.63, 3.8) is 0 Å². The van der Waals surface area contributed by atoms with Gasteiger partial charge in [0.2, 0.25) is 0 Å². The van der Waals surface area contributed by atoms with Gasteiger partial charge in [0.05, 0.1) is 5.69 Å². The molecule has 0 fully saturated rings. The van der Waals surface area contributed by atoms with Crippen LogP contribution in [-0.4, -0.2) is 28.0 Å². The Hall–Kier alpha value is -0.870. The van der Waals surface area contributed by atoms with Crippen molar-refractivity contribution >= 4 is 0 Å². The fourth-order valence-corrected chi connectivity index (χ4v) is 1.44. The maximum atomic E-state index is 9.03. The van der Waals surface area contributed by atoms with E-state index >= 15 is 0 Å². The molecule has 4 nitrogen and oxygen atoms in total. The third-order valence-electron chi connectivity index (χ3n) is 2.80. The molecule has 0 saturated carbocycles. The fourth-order valence-electron chi connectivity index (χ4n) is 1.44. The fraction of sp³-hybridized carbons (Fsp3) is 0.727. The zero-order valence-electron chi connectivity index (χ0n) is 9.56. The van der Waals surface area contributed by atoms with Crippen molar-refractivity contribution in [1.29, 1.82) is 0 Å². The van der Waals surface area contributed by atoms with E-state index in [9.17, 15) is 0 Å². The predicted molar refractivity (Wildman–Crippen MR) is 60.6 cm³/mol. The van der Waals surface area contributed by atoms with Gasteiger partial charge < -0.3 is 10.8 Å². The Kier molecular flexibility index (Phi) is 4.78. The first kappa shape index (κ1) is 12.2. The molecule has 0 aliphatic rings. The molecule has 0 bridgehead atoms. The molecule has 4 heteroatoms. The summed E-state index contributed by atoms with van der Waals surface area (Å²) in [7, 11) is 0. The first-order valence-electron chi connectivity index (χ1n) is 5.56. The van der Waals surface area contributed by atoms with Crippen molar-refractivity contribution in [2.75, 3.05) is 13.2 Å². The number of nitrogens with zero attached hydrogens (tertiary/aromatic N) is 2. The topological polar surface area (TPSA) is 64.1 Å². The van der Waals surface area contributed by atoms with Gasteiger partial charge in [-0.15, -0.1) is 0 Å². The lowest BCUT2D eigenvalue weighted by atomic mass is 10.1. The highest BCUT2D eigenvalue weighted by atomic mass is 16.3. The maximum Gasteiger partial charge on any atom is 0.0628 e.